The Hall–Kier alpha value is -1.72. The summed E-state index contributed by atoms with van der Waals surface area (Å²) in [7, 11) is 0. The van der Waals surface area contributed by atoms with Gasteiger partial charge in [0.25, 0.3) is 0 Å². The van der Waals surface area contributed by atoms with Gasteiger partial charge in [-0.3, -0.25) is 0 Å². The highest BCUT2D eigenvalue weighted by atomic mass is 35.5. The molecule has 0 saturated carbocycles. The van der Waals surface area contributed by atoms with Gasteiger partial charge in [-0.1, -0.05) is 6.07 Å². The summed E-state index contributed by atoms with van der Waals surface area (Å²) in [5.74, 6) is 1.68. The Bertz CT molecular complexity index is 531. The lowest BCUT2D eigenvalue weighted by Crippen LogP contribution is -3.00. The first-order valence-corrected chi connectivity index (χ1v) is 6.47. The number of aryl methyl sites for hydroxylation is 1. The Morgan fingerprint density at radius 1 is 1.25 bits per heavy atom. The monoisotopic (exact) mass is 294 g/mol. The van der Waals surface area contributed by atoms with Crippen LogP contribution in [0.5, 0.6) is 11.5 Å². The molecule has 6 heteroatoms. The molecular formula is C14H17ClN3O2-. The molecule has 2 aromatic rings. The first kappa shape index (κ1) is 14.7. The lowest BCUT2D eigenvalue weighted by Gasteiger charge is -2.06. The van der Waals surface area contributed by atoms with Crippen LogP contribution in [0.25, 0.3) is 0 Å². The fourth-order valence-electron chi connectivity index (χ4n) is 2.09. The zero-order valence-corrected chi connectivity index (χ0v) is 11.8. The molecule has 20 heavy (non-hydrogen) atoms. The van der Waals surface area contributed by atoms with Crippen molar-refractivity contribution < 1.29 is 21.9 Å². The van der Waals surface area contributed by atoms with Crippen molar-refractivity contribution in [3.63, 3.8) is 0 Å². The maximum absolute atomic E-state index is 5.36. The van der Waals surface area contributed by atoms with Gasteiger partial charge in [0, 0.05) is 25.5 Å². The number of imidazole rings is 1. The smallest absolute Gasteiger partial charge is 0.231 e. The molecule has 2 heterocycles. The number of hydrogen-bond donors (Lipinski definition) is 1. The highest BCUT2D eigenvalue weighted by Gasteiger charge is 2.12. The predicted molar refractivity (Wildman–Crippen MR) is 71.1 cm³/mol. The number of benzene rings is 1. The van der Waals surface area contributed by atoms with Crippen molar-refractivity contribution in [2.24, 2.45) is 0 Å². The molecule has 0 spiro atoms. The summed E-state index contributed by atoms with van der Waals surface area (Å²) in [5, 5.41) is 3.43. The fourth-order valence-corrected chi connectivity index (χ4v) is 2.09. The second-order valence-electron chi connectivity index (χ2n) is 4.52. The van der Waals surface area contributed by atoms with E-state index in [1.54, 1.807) is 6.20 Å². The zero-order valence-electron chi connectivity index (χ0n) is 11.1. The van der Waals surface area contributed by atoms with Crippen molar-refractivity contribution in [1.29, 1.82) is 0 Å². The van der Waals surface area contributed by atoms with E-state index in [4.69, 9.17) is 9.47 Å². The third-order valence-corrected chi connectivity index (χ3v) is 3.10. The molecule has 0 radical (unpaired) electrons. The quantitative estimate of drug-likeness (QED) is 0.680. The molecule has 1 aromatic carbocycles. The van der Waals surface area contributed by atoms with Gasteiger partial charge in [-0.25, -0.2) is 4.98 Å². The minimum atomic E-state index is 0. The van der Waals surface area contributed by atoms with Gasteiger partial charge in [-0.2, -0.15) is 0 Å². The Labute approximate surface area is 124 Å². The van der Waals surface area contributed by atoms with Crippen LogP contribution in [0.1, 0.15) is 12.0 Å². The number of nitrogens with zero attached hydrogens (tertiary/aromatic N) is 2. The minimum Gasteiger partial charge on any atom is -1.00 e. The van der Waals surface area contributed by atoms with E-state index in [2.05, 4.69) is 20.9 Å². The third-order valence-electron chi connectivity index (χ3n) is 3.10. The van der Waals surface area contributed by atoms with Crippen molar-refractivity contribution in [1.82, 2.24) is 14.9 Å². The topological polar surface area (TPSA) is 48.3 Å². The van der Waals surface area contributed by atoms with Crippen molar-refractivity contribution in [3.05, 3.63) is 42.5 Å². The maximum atomic E-state index is 5.36. The second kappa shape index (κ2) is 7.17. The van der Waals surface area contributed by atoms with Crippen molar-refractivity contribution in [2.45, 2.75) is 19.5 Å². The highest BCUT2D eigenvalue weighted by molar-refractivity contribution is 5.44. The standard InChI is InChI=1S/C14H17N3O2.ClH/c1(6-17-7-5-16-10-17)4-15-9-12-2-3-13-14(8-12)19-11-18-13;/h2-3,5,7-8,10,15H,1,4,6,9,11H2;1H/p-1. The van der Waals surface area contributed by atoms with E-state index in [1.165, 1.54) is 5.56 Å². The van der Waals surface area contributed by atoms with Gasteiger partial charge in [0.15, 0.2) is 11.5 Å². The zero-order chi connectivity index (χ0) is 12.9. The van der Waals surface area contributed by atoms with E-state index in [0.717, 1.165) is 37.6 Å². The molecule has 0 fully saturated rings. The van der Waals surface area contributed by atoms with E-state index >= 15 is 0 Å². The molecule has 0 atom stereocenters. The highest BCUT2D eigenvalue weighted by Crippen LogP contribution is 2.32. The lowest BCUT2D eigenvalue weighted by atomic mass is 10.2. The molecule has 1 aromatic heterocycles. The van der Waals surface area contributed by atoms with Crippen LogP contribution >= 0.6 is 0 Å². The van der Waals surface area contributed by atoms with Crippen LogP contribution in [0.2, 0.25) is 0 Å². The minimum absolute atomic E-state index is 0. The molecule has 0 bridgehead atoms. The molecule has 5 nitrogen and oxygen atoms in total. The van der Waals surface area contributed by atoms with Gasteiger partial charge in [0.2, 0.25) is 6.79 Å². The molecule has 0 amide bonds. The summed E-state index contributed by atoms with van der Waals surface area (Å²) in [5.41, 5.74) is 1.21. The van der Waals surface area contributed by atoms with Gasteiger partial charge in [0.1, 0.15) is 0 Å². The second-order valence-corrected chi connectivity index (χ2v) is 4.52. The number of fused-ring (bicyclic) bond motifs is 1. The number of rotatable bonds is 6. The van der Waals surface area contributed by atoms with E-state index in [-0.39, 0.29) is 12.4 Å². The van der Waals surface area contributed by atoms with Crippen LogP contribution in [-0.4, -0.2) is 22.9 Å². The third kappa shape index (κ3) is 3.65. The average Bonchev–Trinajstić information content (AvgIpc) is 3.08. The molecule has 1 N–H and O–H groups in total. The number of aromatic nitrogens is 2. The van der Waals surface area contributed by atoms with Crippen LogP contribution in [0.3, 0.4) is 0 Å². The van der Waals surface area contributed by atoms with Crippen LogP contribution < -0.4 is 27.2 Å². The first-order chi connectivity index (χ1) is 9.42. The molecule has 0 unspecified atom stereocenters. The van der Waals surface area contributed by atoms with E-state index in [9.17, 15) is 0 Å². The first-order valence-electron chi connectivity index (χ1n) is 6.47. The summed E-state index contributed by atoms with van der Waals surface area (Å²) in [6.45, 7) is 3.15. The van der Waals surface area contributed by atoms with Crippen LogP contribution in [0, 0.1) is 0 Å². The summed E-state index contributed by atoms with van der Waals surface area (Å²) >= 11 is 0. The predicted octanol–water partition coefficient (Wildman–Crippen LogP) is -1.20. The fraction of sp³-hybridized carbons (Fsp3) is 0.357. The Balaban J connectivity index is 0.00000147. The van der Waals surface area contributed by atoms with Crippen molar-refractivity contribution in [2.75, 3.05) is 13.3 Å². The number of ether oxygens (including phenoxy) is 2. The van der Waals surface area contributed by atoms with Crippen LogP contribution in [-0.2, 0) is 13.1 Å². The number of hydrogen-bond acceptors (Lipinski definition) is 4. The van der Waals surface area contributed by atoms with Crippen molar-refractivity contribution in [3.8, 4) is 11.5 Å². The molecular weight excluding hydrogens is 278 g/mol. The summed E-state index contributed by atoms with van der Waals surface area (Å²) in [4.78, 5) is 4.02. The maximum Gasteiger partial charge on any atom is 0.231 e. The normalized spacial score (nSPS) is 12.2. The van der Waals surface area contributed by atoms with Crippen LogP contribution in [0.4, 0.5) is 0 Å². The van der Waals surface area contributed by atoms with Gasteiger partial charge in [-0.15, -0.1) is 0 Å². The summed E-state index contributed by atoms with van der Waals surface area (Å²) in [6.07, 6.45) is 6.72. The summed E-state index contributed by atoms with van der Waals surface area (Å²) < 4.78 is 12.7. The Morgan fingerprint density at radius 3 is 3.00 bits per heavy atom. The Morgan fingerprint density at radius 2 is 2.15 bits per heavy atom. The molecule has 1 aliphatic rings. The van der Waals surface area contributed by atoms with Gasteiger partial charge < -0.3 is 31.8 Å². The molecule has 108 valence electrons. The Kier molecular flexibility index (Phi) is 5.26. The number of nitrogens with one attached hydrogen (secondary N) is 1. The average molecular weight is 295 g/mol. The molecule has 0 saturated heterocycles. The molecule has 1 aliphatic heterocycles. The summed E-state index contributed by atoms with van der Waals surface area (Å²) in [6, 6.07) is 6.06. The lowest BCUT2D eigenvalue weighted by molar-refractivity contribution is -0.00000552. The van der Waals surface area contributed by atoms with Gasteiger partial charge in [-0.05, 0) is 30.7 Å². The SMILES string of the molecule is [Cl-].c1cn(CCCNCc2ccc3c(c2)OCO3)cn1. The van der Waals surface area contributed by atoms with Crippen molar-refractivity contribution >= 4 is 0 Å². The van der Waals surface area contributed by atoms with E-state index < -0.39 is 0 Å². The van der Waals surface area contributed by atoms with Crippen LogP contribution in [0.15, 0.2) is 36.9 Å². The number of halogens is 1. The van der Waals surface area contributed by atoms with E-state index in [1.807, 2.05) is 24.7 Å². The van der Waals surface area contributed by atoms with Gasteiger partial charge in [0.05, 0.1) is 6.33 Å². The largest absolute Gasteiger partial charge is 1.00 e. The van der Waals surface area contributed by atoms with E-state index in [0.29, 0.717) is 6.79 Å². The molecule has 3 rings (SSSR count). The molecule has 0 aliphatic carbocycles. The van der Waals surface area contributed by atoms with Gasteiger partial charge >= 0.3 is 0 Å².